The van der Waals surface area contributed by atoms with Gasteiger partial charge in [-0.3, -0.25) is 4.79 Å². The number of carbonyl (C=O) groups excluding carboxylic acids is 1. The van der Waals surface area contributed by atoms with E-state index in [4.69, 9.17) is 21.8 Å². The first-order valence-electron chi connectivity index (χ1n) is 11.5. The number of benzene rings is 2. The molecule has 6 heteroatoms. The highest BCUT2D eigenvalue weighted by atomic mass is 35.5. The molecule has 170 valence electrons. The van der Waals surface area contributed by atoms with Gasteiger partial charge in [0.25, 0.3) is 0 Å². The summed E-state index contributed by atoms with van der Waals surface area (Å²) in [6.07, 6.45) is 7.45. The highest BCUT2D eigenvalue weighted by molar-refractivity contribution is 6.31. The molecule has 1 aliphatic carbocycles. The van der Waals surface area contributed by atoms with E-state index >= 15 is 0 Å². The Bertz CT molecular complexity index is 1050. The SMILES string of the molecule is NC(=O)CC(CC(O)(CCc1ccccc1)c1nc2cc(Cl)ccc2o1)C1CCCCC1. The number of halogens is 1. The second kappa shape index (κ2) is 10.1. The van der Waals surface area contributed by atoms with Gasteiger partial charge in [-0.25, -0.2) is 4.98 Å². The molecule has 1 aliphatic rings. The summed E-state index contributed by atoms with van der Waals surface area (Å²) in [5.41, 5.74) is 6.66. The third-order valence-electron chi connectivity index (χ3n) is 6.80. The second-order valence-corrected chi connectivity index (χ2v) is 9.62. The first-order valence-corrected chi connectivity index (χ1v) is 11.9. The lowest BCUT2D eigenvalue weighted by Crippen LogP contribution is -2.35. The highest BCUT2D eigenvalue weighted by Gasteiger charge is 2.40. The van der Waals surface area contributed by atoms with Crippen LogP contribution in [0.25, 0.3) is 11.1 Å². The fourth-order valence-corrected chi connectivity index (χ4v) is 5.26. The van der Waals surface area contributed by atoms with Gasteiger partial charge in [0.2, 0.25) is 11.8 Å². The zero-order valence-electron chi connectivity index (χ0n) is 18.3. The fraction of sp³-hybridized carbons (Fsp3) is 0.462. The van der Waals surface area contributed by atoms with Gasteiger partial charge in [-0.2, -0.15) is 0 Å². The minimum absolute atomic E-state index is 0.00725. The molecule has 0 aliphatic heterocycles. The summed E-state index contributed by atoms with van der Waals surface area (Å²) in [5.74, 6) is 0.330. The molecular formula is C26H31ClN2O3. The molecule has 5 nitrogen and oxygen atoms in total. The lowest BCUT2D eigenvalue weighted by Gasteiger charge is -2.35. The fourth-order valence-electron chi connectivity index (χ4n) is 5.09. The summed E-state index contributed by atoms with van der Waals surface area (Å²) in [6, 6.07) is 15.3. The van der Waals surface area contributed by atoms with Gasteiger partial charge in [-0.05, 0) is 54.9 Å². The van der Waals surface area contributed by atoms with E-state index in [-0.39, 0.29) is 24.1 Å². The molecule has 0 radical (unpaired) electrons. The van der Waals surface area contributed by atoms with Crippen molar-refractivity contribution in [1.82, 2.24) is 4.98 Å². The van der Waals surface area contributed by atoms with Crippen LogP contribution in [0.5, 0.6) is 0 Å². The van der Waals surface area contributed by atoms with Crippen molar-refractivity contribution in [2.75, 3.05) is 0 Å². The zero-order valence-corrected chi connectivity index (χ0v) is 19.1. The number of fused-ring (bicyclic) bond motifs is 1. The van der Waals surface area contributed by atoms with Gasteiger partial charge in [0.15, 0.2) is 5.58 Å². The molecule has 1 aromatic heterocycles. The van der Waals surface area contributed by atoms with Gasteiger partial charge in [0.05, 0.1) is 0 Å². The van der Waals surface area contributed by atoms with E-state index in [2.05, 4.69) is 4.98 Å². The summed E-state index contributed by atoms with van der Waals surface area (Å²) in [7, 11) is 0. The Balaban J connectivity index is 1.66. The molecule has 1 saturated carbocycles. The Morgan fingerprint density at radius 3 is 2.66 bits per heavy atom. The maximum Gasteiger partial charge on any atom is 0.227 e. The molecule has 3 aromatic rings. The van der Waals surface area contributed by atoms with Crippen molar-refractivity contribution in [3.05, 3.63) is 65.0 Å². The second-order valence-electron chi connectivity index (χ2n) is 9.18. The third kappa shape index (κ3) is 5.51. The number of aromatic nitrogens is 1. The number of aliphatic hydroxyl groups is 1. The monoisotopic (exact) mass is 454 g/mol. The first-order chi connectivity index (χ1) is 15.4. The predicted octanol–water partition coefficient (Wildman–Crippen LogP) is 5.76. The Morgan fingerprint density at radius 1 is 1.19 bits per heavy atom. The van der Waals surface area contributed by atoms with Gasteiger partial charge in [-0.15, -0.1) is 0 Å². The van der Waals surface area contributed by atoms with E-state index in [0.717, 1.165) is 31.2 Å². The van der Waals surface area contributed by atoms with Crippen LogP contribution in [0.3, 0.4) is 0 Å². The number of aryl methyl sites for hydroxylation is 1. The summed E-state index contributed by atoms with van der Waals surface area (Å²) in [5, 5.41) is 12.6. The molecule has 1 heterocycles. The van der Waals surface area contributed by atoms with Crippen molar-refractivity contribution in [1.29, 1.82) is 0 Å². The molecule has 0 bridgehead atoms. The Morgan fingerprint density at radius 2 is 1.94 bits per heavy atom. The molecule has 1 fully saturated rings. The average molecular weight is 455 g/mol. The Hall–Kier alpha value is -2.37. The standard InChI is InChI=1S/C26H31ClN2O3/c27-21-11-12-23-22(16-21)29-25(32-23)26(31,14-13-18-7-3-1-4-8-18)17-20(15-24(28)30)19-9-5-2-6-10-19/h1,3-4,7-8,11-12,16,19-20,31H,2,5-6,9-10,13-15,17H2,(H2,28,30). The summed E-state index contributed by atoms with van der Waals surface area (Å²) < 4.78 is 6.03. The van der Waals surface area contributed by atoms with Crippen molar-refractivity contribution >= 4 is 28.6 Å². The predicted molar refractivity (Wildman–Crippen MR) is 126 cm³/mol. The molecule has 0 saturated heterocycles. The van der Waals surface area contributed by atoms with Crippen LogP contribution in [0.15, 0.2) is 52.9 Å². The molecule has 32 heavy (non-hydrogen) atoms. The molecule has 4 rings (SSSR count). The number of hydrogen-bond donors (Lipinski definition) is 2. The quantitative estimate of drug-likeness (QED) is 0.430. The van der Waals surface area contributed by atoms with Crippen LogP contribution < -0.4 is 5.73 Å². The van der Waals surface area contributed by atoms with Crippen molar-refractivity contribution in [2.45, 2.75) is 63.4 Å². The third-order valence-corrected chi connectivity index (χ3v) is 7.03. The van der Waals surface area contributed by atoms with E-state index in [9.17, 15) is 9.90 Å². The molecule has 2 atom stereocenters. The Kier molecular flexibility index (Phi) is 7.17. The Labute approximate surface area is 194 Å². The van der Waals surface area contributed by atoms with E-state index in [1.807, 2.05) is 30.3 Å². The smallest absolute Gasteiger partial charge is 0.227 e. The minimum Gasteiger partial charge on any atom is -0.438 e. The summed E-state index contributed by atoms with van der Waals surface area (Å²) >= 11 is 6.13. The molecule has 2 aromatic carbocycles. The first kappa shape index (κ1) is 22.8. The van der Waals surface area contributed by atoms with Crippen LogP contribution in [0.2, 0.25) is 5.02 Å². The van der Waals surface area contributed by atoms with Crippen molar-refractivity contribution in [3.8, 4) is 0 Å². The van der Waals surface area contributed by atoms with E-state index in [0.29, 0.717) is 41.3 Å². The number of carbonyl (C=O) groups is 1. The summed E-state index contributed by atoms with van der Waals surface area (Å²) in [6.45, 7) is 0. The van der Waals surface area contributed by atoms with Gasteiger partial charge in [0.1, 0.15) is 11.1 Å². The maximum atomic E-state index is 12.0. The van der Waals surface area contributed by atoms with Gasteiger partial charge < -0.3 is 15.3 Å². The zero-order chi connectivity index (χ0) is 22.6. The molecule has 3 N–H and O–H groups in total. The maximum absolute atomic E-state index is 12.0. The number of hydrogen-bond acceptors (Lipinski definition) is 4. The number of nitrogens with two attached hydrogens (primary N) is 1. The van der Waals surface area contributed by atoms with Gasteiger partial charge >= 0.3 is 0 Å². The minimum atomic E-state index is -1.31. The number of oxazole rings is 1. The van der Waals surface area contributed by atoms with Gasteiger partial charge in [-0.1, -0.05) is 74.0 Å². The topological polar surface area (TPSA) is 89.4 Å². The van der Waals surface area contributed by atoms with E-state index in [1.54, 1.807) is 18.2 Å². The number of primary amides is 1. The molecule has 0 spiro atoms. The van der Waals surface area contributed by atoms with Crippen molar-refractivity contribution in [2.24, 2.45) is 17.6 Å². The summed E-state index contributed by atoms with van der Waals surface area (Å²) in [4.78, 5) is 16.5. The van der Waals surface area contributed by atoms with Crippen LogP contribution in [-0.4, -0.2) is 16.0 Å². The molecule has 2 unspecified atom stereocenters. The van der Waals surface area contributed by atoms with Crippen LogP contribution in [0.4, 0.5) is 0 Å². The molecule has 1 amide bonds. The normalized spacial score (nSPS) is 17.8. The number of nitrogens with zero attached hydrogens (tertiary/aromatic N) is 1. The average Bonchev–Trinajstić information content (AvgIpc) is 3.22. The largest absolute Gasteiger partial charge is 0.438 e. The highest BCUT2D eigenvalue weighted by Crippen LogP contribution is 2.42. The lowest BCUT2D eigenvalue weighted by atomic mass is 9.72. The van der Waals surface area contributed by atoms with Crippen LogP contribution in [-0.2, 0) is 16.8 Å². The number of amides is 1. The van der Waals surface area contributed by atoms with Crippen molar-refractivity contribution < 1.29 is 14.3 Å². The van der Waals surface area contributed by atoms with Crippen LogP contribution >= 0.6 is 11.6 Å². The van der Waals surface area contributed by atoms with Crippen molar-refractivity contribution in [3.63, 3.8) is 0 Å². The molecular weight excluding hydrogens is 424 g/mol. The number of rotatable bonds is 9. The van der Waals surface area contributed by atoms with E-state index in [1.165, 1.54) is 6.42 Å². The van der Waals surface area contributed by atoms with Crippen LogP contribution in [0.1, 0.15) is 62.8 Å². The van der Waals surface area contributed by atoms with Gasteiger partial charge in [0, 0.05) is 11.4 Å². The lowest BCUT2D eigenvalue weighted by molar-refractivity contribution is -0.120. The van der Waals surface area contributed by atoms with Crippen LogP contribution in [0, 0.1) is 11.8 Å². The van der Waals surface area contributed by atoms with E-state index < -0.39 is 5.60 Å².